The summed E-state index contributed by atoms with van der Waals surface area (Å²) in [4.78, 5) is 0. The van der Waals surface area contributed by atoms with Gasteiger partial charge in [-0.2, -0.15) is 0 Å². The molecule has 0 aromatic heterocycles. The molecule has 0 amide bonds. The first-order valence-corrected chi connectivity index (χ1v) is 3.68. The maximum absolute atomic E-state index is 11.5. The summed E-state index contributed by atoms with van der Waals surface area (Å²) >= 11 is 0. The van der Waals surface area contributed by atoms with Crippen LogP contribution in [0.1, 0.15) is 25.7 Å². The first kappa shape index (κ1) is 9.60. The van der Waals surface area contributed by atoms with Crippen LogP contribution in [0.2, 0.25) is 0 Å². The number of unbranched alkanes of at least 4 members (excludes halogenated alkanes) is 2. The van der Waals surface area contributed by atoms with Gasteiger partial charge in [0.2, 0.25) is 0 Å². The Morgan fingerprint density at radius 1 is 0.800 bits per heavy atom. The summed E-state index contributed by atoms with van der Waals surface area (Å²) in [6, 6.07) is 0. The molecule has 2 heteroatoms. The van der Waals surface area contributed by atoms with Crippen molar-refractivity contribution >= 4 is 0 Å². The average molecular weight is 148 g/mol. The second-order valence-electron chi connectivity index (χ2n) is 2.13. The Labute approximate surface area is 60.9 Å². The van der Waals surface area contributed by atoms with Crippen LogP contribution in [0.3, 0.4) is 0 Å². The zero-order chi connectivity index (χ0) is 7.66. The summed E-state index contributed by atoms with van der Waals surface area (Å²) in [6.45, 7) is -0.513. The van der Waals surface area contributed by atoms with Crippen molar-refractivity contribution in [3.63, 3.8) is 0 Å². The molecule has 0 saturated carbocycles. The fraction of sp³-hybridized carbons (Fsp3) is 0.750. The van der Waals surface area contributed by atoms with Gasteiger partial charge in [-0.3, -0.25) is 8.78 Å². The number of hydrogen-bond donors (Lipinski definition) is 0. The summed E-state index contributed by atoms with van der Waals surface area (Å²) in [5.41, 5.74) is 0. The normalized spacial score (nSPS) is 11.0. The van der Waals surface area contributed by atoms with Gasteiger partial charge in [0.15, 0.2) is 0 Å². The maximum Gasteiger partial charge on any atom is 0.0897 e. The Balaban J connectivity index is 2.89. The zero-order valence-corrected chi connectivity index (χ0v) is 6.15. The van der Waals surface area contributed by atoms with Crippen molar-refractivity contribution in [3.8, 4) is 0 Å². The van der Waals surface area contributed by atoms with Crippen LogP contribution in [0.25, 0.3) is 0 Å². The minimum Gasteiger partial charge on any atom is -0.251 e. The van der Waals surface area contributed by atoms with Gasteiger partial charge in [-0.05, 0) is 25.7 Å². The molecular formula is C8H14F2. The van der Waals surface area contributed by atoms with Crippen LogP contribution < -0.4 is 0 Å². The van der Waals surface area contributed by atoms with Crippen molar-refractivity contribution in [2.75, 3.05) is 13.3 Å². The molecule has 0 heterocycles. The Morgan fingerprint density at radius 2 is 1.20 bits per heavy atom. The molecule has 0 aliphatic carbocycles. The van der Waals surface area contributed by atoms with Crippen LogP contribution in [0.15, 0.2) is 12.2 Å². The predicted octanol–water partition coefficient (Wildman–Crippen LogP) is 3.04. The van der Waals surface area contributed by atoms with E-state index >= 15 is 0 Å². The van der Waals surface area contributed by atoms with Crippen molar-refractivity contribution in [1.29, 1.82) is 0 Å². The lowest BCUT2D eigenvalue weighted by Gasteiger charge is -1.87. The number of alkyl halides is 2. The lowest BCUT2D eigenvalue weighted by atomic mass is 10.2. The molecule has 0 radical (unpaired) electrons. The third-order valence-electron chi connectivity index (χ3n) is 1.18. The third-order valence-corrected chi connectivity index (χ3v) is 1.18. The molecule has 0 bridgehead atoms. The van der Waals surface area contributed by atoms with Crippen LogP contribution in [0.4, 0.5) is 8.78 Å². The topological polar surface area (TPSA) is 0 Å². The Morgan fingerprint density at radius 3 is 1.50 bits per heavy atom. The lowest BCUT2D eigenvalue weighted by Crippen LogP contribution is -1.74. The van der Waals surface area contributed by atoms with E-state index in [-0.39, 0.29) is 13.3 Å². The minimum atomic E-state index is -0.256. The second kappa shape index (κ2) is 8.60. The minimum absolute atomic E-state index is 0.256. The van der Waals surface area contributed by atoms with Crippen LogP contribution in [-0.2, 0) is 0 Å². The smallest absolute Gasteiger partial charge is 0.0897 e. The van der Waals surface area contributed by atoms with E-state index in [0.717, 1.165) is 12.8 Å². The summed E-state index contributed by atoms with van der Waals surface area (Å²) in [6.07, 6.45) is 6.56. The molecule has 0 unspecified atom stereocenters. The number of rotatable bonds is 6. The molecule has 0 aliphatic rings. The van der Waals surface area contributed by atoms with E-state index in [2.05, 4.69) is 0 Å². The van der Waals surface area contributed by atoms with Gasteiger partial charge in [0.05, 0.1) is 13.3 Å². The first-order chi connectivity index (χ1) is 4.91. The van der Waals surface area contributed by atoms with Gasteiger partial charge in [0, 0.05) is 0 Å². The Bertz CT molecular complexity index is 69.3. The molecule has 0 fully saturated rings. The maximum atomic E-state index is 11.5. The van der Waals surface area contributed by atoms with Crippen LogP contribution >= 0.6 is 0 Å². The zero-order valence-electron chi connectivity index (χ0n) is 6.15. The van der Waals surface area contributed by atoms with Crippen molar-refractivity contribution in [2.24, 2.45) is 0 Å². The van der Waals surface area contributed by atoms with Crippen molar-refractivity contribution < 1.29 is 8.78 Å². The van der Waals surface area contributed by atoms with Crippen molar-refractivity contribution in [2.45, 2.75) is 25.7 Å². The van der Waals surface area contributed by atoms with E-state index in [9.17, 15) is 8.78 Å². The standard InChI is InChI=1S/C8H14F2/c9-7-5-3-1-2-4-6-8-10/h1-2H,3-8H2. The molecule has 0 N–H and O–H groups in total. The fourth-order valence-corrected chi connectivity index (χ4v) is 0.626. The third kappa shape index (κ3) is 7.60. The molecule has 0 nitrogen and oxygen atoms in total. The van der Waals surface area contributed by atoms with Gasteiger partial charge >= 0.3 is 0 Å². The SMILES string of the molecule is FCCCC=CCCCF. The number of hydrogen-bond acceptors (Lipinski definition) is 0. The lowest BCUT2D eigenvalue weighted by molar-refractivity contribution is 0.472. The van der Waals surface area contributed by atoms with Crippen LogP contribution in [-0.4, -0.2) is 13.3 Å². The van der Waals surface area contributed by atoms with E-state index < -0.39 is 0 Å². The Hall–Kier alpha value is -0.400. The van der Waals surface area contributed by atoms with Gasteiger partial charge in [-0.1, -0.05) is 12.2 Å². The molecule has 0 aromatic carbocycles. The van der Waals surface area contributed by atoms with Gasteiger partial charge in [-0.15, -0.1) is 0 Å². The van der Waals surface area contributed by atoms with Gasteiger partial charge in [-0.25, -0.2) is 0 Å². The molecule has 60 valence electrons. The molecule has 0 rings (SSSR count). The highest BCUT2D eigenvalue weighted by atomic mass is 19.1. The summed E-state index contributed by atoms with van der Waals surface area (Å²) < 4.78 is 22.9. The highest BCUT2D eigenvalue weighted by molar-refractivity contribution is 4.80. The molecule has 10 heavy (non-hydrogen) atoms. The Kier molecular flexibility index (Phi) is 8.26. The first-order valence-electron chi connectivity index (χ1n) is 3.68. The van der Waals surface area contributed by atoms with E-state index in [4.69, 9.17) is 0 Å². The largest absolute Gasteiger partial charge is 0.251 e. The number of halogens is 2. The van der Waals surface area contributed by atoms with Crippen molar-refractivity contribution in [3.05, 3.63) is 12.2 Å². The average Bonchev–Trinajstić information content (AvgIpc) is 1.97. The van der Waals surface area contributed by atoms with Gasteiger partial charge < -0.3 is 0 Å². The molecule has 0 aromatic rings. The molecule has 0 atom stereocenters. The van der Waals surface area contributed by atoms with Gasteiger partial charge in [0.1, 0.15) is 0 Å². The predicted molar refractivity (Wildman–Crippen MR) is 39.6 cm³/mol. The molecule has 0 saturated heterocycles. The molecular weight excluding hydrogens is 134 g/mol. The highest BCUT2D eigenvalue weighted by Crippen LogP contribution is 1.95. The van der Waals surface area contributed by atoms with E-state index in [1.54, 1.807) is 0 Å². The van der Waals surface area contributed by atoms with Crippen LogP contribution in [0, 0.1) is 0 Å². The highest BCUT2D eigenvalue weighted by Gasteiger charge is 1.81. The fourth-order valence-electron chi connectivity index (χ4n) is 0.626. The monoisotopic (exact) mass is 148 g/mol. The summed E-state index contributed by atoms with van der Waals surface area (Å²) in [7, 11) is 0. The summed E-state index contributed by atoms with van der Waals surface area (Å²) in [5.74, 6) is 0. The van der Waals surface area contributed by atoms with E-state index in [0.29, 0.717) is 12.8 Å². The molecule has 0 aliphatic heterocycles. The van der Waals surface area contributed by atoms with Gasteiger partial charge in [0.25, 0.3) is 0 Å². The molecule has 0 spiro atoms. The summed E-state index contributed by atoms with van der Waals surface area (Å²) in [5, 5.41) is 0. The van der Waals surface area contributed by atoms with Crippen molar-refractivity contribution in [1.82, 2.24) is 0 Å². The quantitative estimate of drug-likeness (QED) is 0.401. The van der Waals surface area contributed by atoms with E-state index in [1.807, 2.05) is 12.2 Å². The van der Waals surface area contributed by atoms with Crippen LogP contribution in [0.5, 0.6) is 0 Å². The number of allylic oxidation sites excluding steroid dienone is 2. The van der Waals surface area contributed by atoms with E-state index in [1.165, 1.54) is 0 Å². The second-order valence-corrected chi connectivity index (χ2v) is 2.13.